The second-order valence-corrected chi connectivity index (χ2v) is 11.7. The highest BCUT2D eigenvalue weighted by atomic mass is 19.1. The Morgan fingerprint density at radius 3 is 2.41 bits per heavy atom. The van der Waals surface area contributed by atoms with Crippen LogP contribution in [0.1, 0.15) is 38.3 Å². The van der Waals surface area contributed by atoms with Gasteiger partial charge in [0.2, 0.25) is 5.78 Å². The number of hydrogen-bond donors (Lipinski definition) is 7. The summed E-state index contributed by atoms with van der Waals surface area (Å²) in [6, 6.07) is -0.0840. The minimum absolute atomic E-state index is 0.00194. The van der Waals surface area contributed by atoms with Crippen LogP contribution in [0.5, 0.6) is 5.75 Å². The van der Waals surface area contributed by atoms with Crippen molar-refractivity contribution in [2.75, 3.05) is 32.5 Å². The third kappa shape index (κ3) is 4.46. The molecule has 1 aromatic carbocycles. The van der Waals surface area contributed by atoms with E-state index in [9.17, 15) is 34.8 Å². The van der Waals surface area contributed by atoms with Crippen molar-refractivity contribution in [2.45, 2.75) is 50.8 Å². The topological polar surface area (TPSA) is 185 Å². The average molecular weight is 547 g/mol. The van der Waals surface area contributed by atoms with Gasteiger partial charge in [-0.2, -0.15) is 0 Å². The predicted molar refractivity (Wildman–Crippen MR) is 140 cm³/mol. The van der Waals surface area contributed by atoms with Crippen LogP contribution in [0.15, 0.2) is 23.0 Å². The molecule has 1 amide bonds. The van der Waals surface area contributed by atoms with Gasteiger partial charge in [-0.3, -0.25) is 19.3 Å². The molecule has 11 nitrogen and oxygen atoms in total. The van der Waals surface area contributed by atoms with E-state index >= 15 is 4.39 Å². The molecule has 0 bridgehead atoms. The second kappa shape index (κ2) is 9.61. The Labute approximate surface area is 225 Å². The maximum Gasteiger partial charge on any atom is 0.255 e. The van der Waals surface area contributed by atoms with Crippen molar-refractivity contribution < 1.29 is 39.2 Å². The van der Waals surface area contributed by atoms with Gasteiger partial charge in [0.15, 0.2) is 11.4 Å². The molecule has 0 aliphatic heterocycles. The lowest BCUT2D eigenvalue weighted by atomic mass is 9.57. The van der Waals surface area contributed by atoms with Gasteiger partial charge in [0.1, 0.15) is 28.7 Å². The number of phenols is 1. The van der Waals surface area contributed by atoms with E-state index in [0.717, 1.165) is 6.07 Å². The van der Waals surface area contributed by atoms with E-state index in [1.54, 1.807) is 0 Å². The molecule has 1 fully saturated rings. The molecule has 39 heavy (non-hydrogen) atoms. The minimum Gasteiger partial charge on any atom is -0.508 e. The monoisotopic (exact) mass is 546 g/mol. The summed E-state index contributed by atoms with van der Waals surface area (Å²) in [5, 5.41) is 50.9. The van der Waals surface area contributed by atoms with Crippen LogP contribution in [0, 0.1) is 17.7 Å². The lowest BCUT2D eigenvalue weighted by Crippen LogP contribution is -2.65. The summed E-state index contributed by atoms with van der Waals surface area (Å²) >= 11 is 0. The summed E-state index contributed by atoms with van der Waals surface area (Å²) in [5.74, 6) is -8.45. The van der Waals surface area contributed by atoms with E-state index in [1.807, 2.05) is 20.8 Å². The predicted octanol–water partition coefficient (Wildman–Crippen LogP) is 0.903. The van der Waals surface area contributed by atoms with Crippen molar-refractivity contribution in [1.82, 2.24) is 10.2 Å². The fourth-order valence-electron chi connectivity index (χ4n) is 6.04. The smallest absolute Gasteiger partial charge is 0.255 e. The van der Waals surface area contributed by atoms with E-state index in [0.29, 0.717) is 13.1 Å². The number of rotatable bonds is 6. The van der Waals surface area contributed by atoms with Gasteiger partial charge < -0.3 is 36.8 Å². The zero-order valence-corrected chi connectivity index (χ0v) is 22.6. The maximum absolute atomic E-state index is 15.3. The second-order valence-electron chi connectivity index (χ2n) is 11.7. The Hall–Kier alpha value is -3.48. The van der Waals surface area contributed by atoms with Crippen LogP contribution < -0.4 is 16.4 Å². The number of likely N-dealkylation sites (N-methyl/N-ethyl adjacent to an activating group) is 1. The van der Waals surface area contributed by atoms with Gasteiger partial charge in [-0.15, -0.1) is 0 Å². The fraction of sp³-hybridized carbons (Fsp3) is 0.519. The highest BCUT2D eigenvalue weighted by molar-refractivity contribution is 6.24. The van der Waals surface area contributed by atoms with Gasteiger partial charge in [0, 0.05) is 41.7 Å². The maximum atomic E-state index is 15.3. The normalized spacial score (nSPS) is 26.9. The van der Waals surface area contributed by atoms with E-state index in [1.165, 1.54) is 19.0 Å². The molecule has 8 N–H and O–H groups in total. The summed E-state index contributed by atoms with van der Waals surface area (Å²) in [5.41, 5.74) is 0.889. The Morgan fingerprint density at radius 2 is 1.85 bits per heavy atom. The molecule has 0 aromatic heterocycles. The van der Waals surface area contributed by atoms with Gasteiger partial charge >= 0.3 is 0 Å². The largest absolute Gasteiger partial charge is 0.508 e. The van der Waals surface area contributed by atoms with Crippen LogP contribution in [0.3, 0.4) is 0 Å². The number of fused-ring (bicyclic) bond motifs is 3. The first-order valence-corrected chi connectivity index (χ1v) is 12.7. The van der Waals surface area contributed by atoms with Crippen LogP contribution in [-0.4, -0.2) is 87.2 Å². The summed E-state index contributed by atoms with van der Waals surface area (Å²) in [6.45, 7) is 6.74. The lowest BCUT2D eigenvalue weighted by molar-refractivity contribution is -0.153. The summed E-state index contributed by atoms with van der Waals surface area (Å²) in [6.07, 6.45) is -0.218. The Morgan fingerprint density at radius 1 is 1.21 bits per heavy atom. The number of primary amides is 1. The van der Waals surface area contributed by atoms with Crippen molar-refractivity contribution in [2.24, 2.45) is 17.6 Å². The van der Waals surface area contributed by atoms with Crippen LogP contribution >= 0.6 is 0 Å². The van der Waals surface area contributed by atoms with E-state index in [2.05, 4.69) is 10.6 Å². The number of aromatic hydroxyl groups is 1. The molecule has 0 spiro atoms. The number of carbonyl (C=O) groups is 3. The van der Waals surface area contributed by atoms with Crippen molar-refractivity contribution in [3.05, 3.63) is 39.9 Å². The summed E-state index contributed by atoms with van der Waals surface area (Å²) in [4.78, 5) is 40.4. The van der Waals surface area contributed by atoms with E-state index in [4.69, 9.17) is 5.73 Å². The van der Waals surface area contributed by atoms with Gasteiger partial charge in [0.05, 0.1) is 17.3 Å². The molecule has 4 rings (SSSR count). The highest BCUT2D eigenvalue weighted by Crippen LogP contribution is 2.53. The number of aliphatic hydroxyl groups excluding tert-OH is 2. The Kier molecular flexibility index (Phi) is 7.03. The summed E-state index contributed by atoms with van der Waals surface area (Å²) in [7, 11) is 3.02. The van der Waals surface area contributed by atoms with Crippen molar-refractivity contribution in [3.8, 4) is 5.75 Å². The average Bonchev–Trinajstić information content (AvgIpc) is 2.81. The fourth-order valence-corrected chi connectivity index (χ4v) is 6.04. The first-order valence-electron chi connectivity index (χ1n) is 12.7. The number of aliphatic hydroxyl groups is 3. The third-order valence-corrected chi connectivity index (χ3v) is 7.76. The molecule has 1 saturated carbocycles. The number of halogens is 1. The number of ketones is 2. The van der Waals surface area contributed by atoms with Gasteiger partial charge in [0.25, 0.3) is 5.91 Å². The molecule has 0 saturated heterocycles. The SMILES string of the molecule is CN(C)[C@@H]1C(=O)C(C(N)=O)=C(O)[C@@]2(O)C(=O)C3=C(O)c4c(O)c(NCCNC(C)(C)C)cc(F)c4C[C@H]3C[C@@H]12. The number of benzene rings is 1. The number of nitrogens with zero attached hydrogens (tertiary/aromatic N) is 1. The highest BCUT2D eigenvalue weighted by Gasteiger charge is 2.64. The number of carbonyl (C=O) groups excluding carboxylic acids is 3. The molecular weight excluding hydrogens is 511 g/mol. The van der Waals surface area contributed by atoms with E-state index in [-0.39, 0.29) is 40.8 Å². The van der Waals surface area contributed by atoms with Crippen molar-refractivity contribution in [3.63, 3.8) is 0 Å². The number of phenolic OH excluding ortho intramolecular Hbond substituents is 1. The molecule has 1 aromatic rings. The molecule has 4 atom stereocenters. The number of nitrogens with one attached hydrogen (secondary N) is 2. The molecule has 0 unspecified atom stereocenters. The molecule has 0 radical (unpaired) electrons. The quantitative estimate of drug-likeness (QED) is 0.154. The van der Waals surface area contributed by atoms with Crippen molar-refractivity contribution in [1.29, 1.82) is 0 Å². The molecular formula is C27H35FN4O7. The van der Waals surface area contributed by atoms with Crippen molar-refractivity contribution >= 4 is 28.9 Å². The number of nitrogens with two attached hydrogens (primary N) is 1. The first-order chi connectivity index (χ1) is 18.0. The first kappa shape index (κ1) is 28.5. The molecule has 3 aliphatic carbocycles. The Balaban J connectivity index is 1.81. The van der Waals surface area contributed by atoms with E-state index < -0.39 is 69.6 Å². The summed E-state index contributed by atoms with van der Waals surface area (Å²) < 4.78 is 15.3. The molecule has 212 valence electrons. The standard InChI is InChI=1S/C27H35FN4O7/c1-26(2,3)31-7-6-30-15-10-14(28)12-8-11-9-13-19(32(4)5)22(35)18(25(29)38)24(37)27(13,39)23(36)16(11)21(34)17(12)20(15)33/h10-11,13,19,30-31,33-34,37,39H,6-9H2,1-5H3,(H2,29,38)/t11-,13-,19-,27-/m0/s1. The van der Waals surface area contributed by atoms with Crippen LogP contribution in [-0.2, 0) is 20.8 Å². The zero-order chi connectivity index (χ0) is 29.2. The number of Topliss-reactive ketones (excluding diaryl/α,β-unsaturated/α-hetero) is 2. The minimum atomic E-state index is -2.74. The number of hydrogen-bond acceptors (Lipinski definition) is 10. The zero-order valence-electron chi connectivity index (χ0n) is 22.6. The molecule has 0 heterocycles. The number of anilines is 1. The van der Waals surface area contributed by atoms with Crippen LogP contribution in [0.25, 0.3) is 5.76 Å². The van der Waals surface area contributed by atoms with Gasteiger partial charge in [-0.05, 0) is 53.6 Å². The molecule has 12 heteroatoms. The third-order valence-electron chi connectivity index (χ3n) is 7.76. The Bertz CT molecular complexity index is 1330. The lowest BCUT2D eigenvalue weighted by Gasteiger charge is -2.50. The van der Waals surface area contributed by atoms with Crippen LogP contribution in [0.4, 0.5) is 10.1 Å². The van der Waals surface area contributed by atoms with Crippen LogP contribution in [0.2, 0.25) is 0 Å². The number of amides is 1. The van der Waals surface area contributed by atoms with Gasteiger partial charge in [-0.1, -0.05) is 0 Å². The van der Waals surface area contributed by atoms with Gasteiger partial charge in [-0.25, -0.2) is 4.39 Å². The molecule has 3 aliphatic rings.